The largest absolute Gasteiger partial charge is 0.493 e. The van der Waals surface area contributed by atoms with E-state index in [2.05, 4.69) is 25.6 Å². The van der Waals surface area contributed by atoms with Gasteiger partial charge in [0.1, 0.15) is 6.33 Å². The van der Waals surface area contributed by atoms with Crippen LogP contribution in [0.4, 0.5) is 14.5 Å². The third kappa shape index (κ3) is 4.29. The Bertz CT molecular complexity index is 953. The summed E-state index contributed by atoms with van der Waals surface area (Å²) in [6.45, 7) is -3.04. The molecule has 0 saturated carbocycles. The molecule has 0 radical (unpaired) electrons. The molecule has 140 valence electrons. The van der Waals surface area contributed by atoms with E-state index in [1.165, 1.54) is 42.4 Å². The summed E-state index contributed by atoms with van der Waals surface area (Å²) in [5, 5.41) is 13.7. The van der Waals surface area contributed by atoms with Crippen LogP contribution in [0.25, 0.3) is 5.69 Å². The number of anilines is 1. The van der Waals surface area contributed by atoms with Crippen LogP contribution in [0, 0.1) is 0 Å². The summed E-state index contributed by atoms with van der Waals surface area (Å²) in [6, 6.07) is 8.70. The number of carbonyl (C=O) groups is 1. The second kappa shape index (κ2) is 7.96. The number of alkyl halides is 2. The van der Waals surface area contributed by atoms with Gasteiger partial charge in [-0.05, 0) is 40.8 Å². The highest BCUT2D eigenvalue weighted by molar-refractivity contribution is 6.31. The number of ether oxygens (including phenoxy) is 2. The Morgan fingerprint density at radius 3 is 2.70 bits per heavy atom. The number of carbonyl (C=O) groups excluding carboxylic acids is 1. The first-order chi connectivity index (χ1) is 13.0. The maximum atomic E-state index is 12.7. The van der Waals surface area contributed by atoms with Crippen LogP contribution < -0.4 is 14.8 Å². The fourth-order valence-corrected chi connectivity index (χ4v) is 2.47. The van der Waals surface area contributed by atoms with Crippen molar-refractivity contribution in [3.05, 3.63) is 53.3 Å². The lowest BCUT2D eigenvalue weighted by Gasteiger charge is -2.13. The Hall–Kier alpha value is -3.27. The van der Waals surface area contributed by atoms with Gasteiger partial charge in [0, 0.05) is 16.8 Å². The number of benzene rings is 2. The molecule has 0 aliphatic carbocycles. The van der Waals surface area contributed by atoms with Crippen LogP contribution in [0.1, 0.15) is 10.4 Å². The molecule has 1 heterocycles. The van der Waals surface area contributed by atoms with Crippen molar-refractivity contribution >= 4 is 23.2 Å². The third-order valence-electron chi connectivity index (χ3n) is 3.44. The summed E-state index contributed by atoms with van der Waals surface area (Å²) in [6.07, 6.45) is 1.32. The molecule has 0 aliphatic heterocycles. The summed E-state index contributed by atoms with van der Waals surface area (Å²) >= 11 is 5.99. The Kier molecular flexibility index (Phi) is 5.46. The summed E-state index contributed by atoms with van der Waals surface area (Å²) in [5.41, 5.74) is 0.792. The molecule has 1 N–H and O–H groups in total. The number of aromatic nitrogens is 4. The summed E-state index contributed by atoms with van der Waals surface area (Å²) in [5.74, 6) is -0.654. The van der Waals surface area contributed by atoms with E-state index in [0.29, 0.717) is 10.7 Å². The molecule has 0 fully saturated rings. The zero-order valence-electron chi connectivity index (χ0n) is 13.8. The molecular formula is C16H12ClF2N5O3. The summed E-state index contributed by atoms with van der Waals surface area (Å²) in [7, 11) is 1.32. The highest BCUT2D eigenvalue weighted by atomic mass is 35.5. The molecular weight excluding hydrogens is 384 g/mol. The van der Waals surface area contributed by atoms with Gasteiger partial charge in [0.2, 0.25) is 0 Å². The van der Waals surface area contributed by atoms with Gasteiger partial charge in [0.05, 0.1) is 18.4 Å². The van der Waals surface area contributed by atoms with Gasteiger partial charge in [-0.25, -0.2) is 0 Å². The number of nitrogens with zero attached hydrogens (tertiary/aromatic N) is 4. The van der Waals surface area contributed by atoms with Crippen LogP contribution in [0.3, 0.4) is 0 Å². The predicted octanol–water partition coefficient (Wildman–Crippen LogP) is 3.18. The molecule has 8 nitrogen and oxygen atoms in total. The Morgan fingerprint density at radius 2 is 2.04 bits per heavy atom. The average Bonchev–Trinajstić information content (AvgIpc) is 3.16. The second-order valence-corrected chi connectivity index (χ2v) is 5.55. The smallest absolute Gasteiger partial charge is 0.387 e. The van der Waals surface area contributed by atoms with Crippen LogP contribution >= 0.6 is 11.6 Å². The molecule has 11 heteroatoms. The van der Waals surface area contributed by atoms with Crippen LogP contribution in [-0.4, -0.2) is 39.8 Å². The first kappa shape index (κ1) is 18.5. The minimum absolute atomic E-state index is 0.102. The number of hydrogen-bond acceptors (Lipinski definition) is 6. The fraction of sp³-hybridized carbons (Fsp3) is 0.125. The molecule has 2 aromatic carbocycles. The number of amides is 1. The van der Waals surface area contributed by atoms with Gasteiger partial charge in [-0.3, -0.25) is 4.79 Å². The minimum atomic E-state index is -3.04. The monoisotopic (exact) mass is 395 g/mol. The zero-order chi connectivity index (χ0) is 19.4. The SMILES string of the molecule is COc1ccc(NC(=O)c2cc(Cl)ccc2-n2cnnn2)cc1OC(F)F. The van der Waals surface area contributed by atoms with Crippen LogP contribution in [0.5, 0.6) is 11.5 Å². The van der Waals surface area contributed by atoms with E-state index in [4.69, 9.17) is 16.3 Å². The second-order valence-electron chi connectivity index (χ2n) is 5.11. The van der Waals surface area contributed by atoms with E-state index in [-0.39, 0.29) is 22.7 Å². The lowest BCUT2D eigenvalue weighted by atomic mass is 10.1. The van der Waals surface area contributed by atoms with Crippen LogP contribution in [0.2, 0.25) is 5.02 Å². The van der Waals surface area contributed by atoms with E-state index >= 15 is 0 Å². The van der Waals surface area contributed by atoms with Crippen molar-refractivity contribution in [1.29, 1.82) is 0 Å². The van der Waals surface area contributed by atoms with Crippen LogP contribution in [-0.2, 0) is 0 Å². The normalized spacial score (nSPS) is 10.7. The highest BCUT2D eigenvalue weighted by Crippen LogP contribution is 2.32. The van der Waals surface area contributed by atoms with Gasteiger partial charge in [-0.1, -0.05) is 11.6 Å². The van der Waals surface area contributed by atoms with Gasteiger partial charge in [0.25, 0.3) is 5.91 Å². The van der Waals surface area contributed by atoms with Crippen molar-refractivity contribution in [3.8, 4) is 17.2 Å². The van der Waals surface area contributed by atoms with Gasteiger partial charge >= 0.3 is 6.61 Å². The van der Waals surface area contributed by atoms with E-state index in [9.17, 15) is 13.6 Å². The van der Waals surface area contributed by atoms with Gasteiger partial charge in [-0.2, -0.15) is 13.5 Å². The molecule has 0 aliphatic rings. The number of rotatable bonds is 6. The van der Waals surface area contributed by atoms with Gasteiger partial charge in [-0.15, -0.1) is 5.10 Å². The predicted molar refractivity (Wildman–Crippen MR) is 91.7 cm³/mol. The number of halogens is 3. The van der Waals surface area contributed by atoms with Crippen molar-refractivity contribution in [1.82, 2.24) is 20.2 Å². The molecule has 0 unspecified atom stereocenters. The van der Waals surface area contributed by atoms with Gasteiger partial charge < -0.3 is 14.8 Å². The molecule has 0 bridgehead atoms. The number of nitrogens with one attached hydrogen (secondary N) is 1. The molecule has 0 atom stereocenters. The topological polar surface area (TPSA) is 91.2 Å². The van der Waals surface area contributed by atoms with Crippen molar-refractivity contribution in [2.75, 3.05) is 12.4 Å². The van der Waals surface area contributed by atoms with Gasteiger partial charge in [0.15, 0.2) is 11.5 Å². The summed E-state index contributed by atoms with van der Waals surface area (Å²) in [4.78, 5) is 12.7. The molecule has 1 aromatic heterocycles. The van der Waals surface area contributed by atoms with E-state index in [1.54, 1.807) is 12.1 Å². The lowest BCUT2D eigenvalue weighted by Crippen LogP contribution is -2.15. The molecule has 27 heavy (non-hydrogen) atoms. The first-order valence-electron chi connectivity index (χ1n) is 7.45. The Labute approximate surface area is 156 Å². The highest BCUT2D eigenvalue weighted by Gasteiger charge is 2.17. The standard InChI is InChI=1S/C16H12ClF2N5O3/c1-26-13-5-3-10(7-14(13)27-16(18)19)21-15(25)11-6-9(17)2-4-12(11)24-8-20-22-23-24/h2-8,16H,1H3,(H,21,25). The van der Waals surface area contributed by atoms with Crippen molar-refractivity contribution in [2.45, 2.75) is 6.61 Å². The fourth-order valence-electron chi connectivity index (χ4n) is 2.30. The lowest BCUT2D eigenvalue weighted by molar-refractivity contribution is -0.0511. The maximum Gasteiger partial charge on any atom is 0.387 e. The third-order valence-corrected chi connectivity index (χ3v) is 3.67. The Balaban J connectivity index is 1.91. The molecule has 1 amide bonds. The molecule has 0 saturated heterocycles. The first-order valence-corrected chi connectivity index (χ1v) is 7.83. The van der Waals surface area contributed by atoms with Crippen molar-refractivity contribution in [2.24, 2.45) is 0 Å². The number of methoxy groups -OCH3 is 1. The van der Waals surface area contributed by atoms with E-state index in [1.807, 2.05) is 0 Å². The average molecular weight is 396 g/mol. The van der Waals surface area contributed by atoms with Crippen molar-refractivity contribution in [3.63, 3.8) is 0 Å². The zero-order valence-corrected chi connectivity index (χ0v) is 14.5. The van der Waals surface area contributed by atoms with Crippen LogP contribution in [0.15, 0.2) is 42.7 Å². The minimum Gasteiger partial charge on any atom is -0.493 e. The quantitative estimate of drug-likeness (QED) is 0.689. The van der Waals surface area contributed by atoms with E-state index in [0.717, 1.165) is 0 Å². The number of hydrogen-bond donors (Lipinski definition) is 1. The molecule has 3 aromatic rings. The molecule has 0 spiro atoms. The van der Waals surface area contributed by atoms with E-state index < -0.39 is 12.5 Å². The maximum absolute atomic E-state index is 12.7. The summed E-state index contributed by atoms with van der Waals surface area (Å²) < 4.78 is 35.8. The Morgan fingerprint density at radius 1 is 1.22 bits per heavy atom. The number of tetrazole rings is 1. The van der Waals surface area contributed by atoms with Crippen molar-refractivity contribution < 1.29 is 23.0 Å². The molecule has 3 rings (SSSR count).